The van der Waals surface area contributed by atoms with Crippen LogP contribution in [0, 0.1) is 5.92 Å². The number of carbonyl (C=O) groups is 2. The summed E-state index contributed by atoms with van der Waals surface area (Å²) in [6.45, 7) is 4.65. The monoisotopic (exact) mass is 694 g/mol. The molecule has 0 saturated carbocycles. The highest BCUT2D eigenvalue weighted by molar-refractivity contribution is 6.30. The number of piperidine rings is 1. The Morgan fingerprint density at radius 2 is 1.64 bits per heavy atom. The summed E-state index contributed by atoms with van der Waals surface area (Å²) in [6.07, 6.45) is 6.17. The molecular formula is C40H47ClN6O3. The first-order valence-corrected chi connectivity index (χ1v) is 18.0. The number of hydrogen-bond donors (Lipinski definition) is 0. The maximum absolute atomic E-state index is 14.7. The number of likely N-dealkylation sites (N-methyl/N-ethyl adjacent to an activating group) is 1. The predicted molar refractivity (Wildman–Crippen MR) is 199 cm³/mol. The summed E-state index contributed by atoms with van der Waals surface area (Å²) in [5, 5.41) is 0.643. The van der Waals surface area contributed by atoms with Gasteiger partial charge < -0.3 is 24.3 Å². The number of rotatable bonds is 8. The van der Waals surface area contributed by atoms with E-state index in [1.54, 1.807) is 11.1 Å². The molecule has 1 saturated heterocycles. The Kier molecular flexibility index (Phi) is 12.1. The molecule has 10 heteroatoms. The summed E-state index contributed by atoms with van der Waals surface area (Å²) in [4.78, 5) is 45.9. The molecular weight excluding hydrogens is 648 g/mol. The van der Waals surface area contributed by atoms with Gasteiger partial charge in [0.15, 0.2) is 0 Å². The molecule has 3 aromatic carbocycles. The van der Waals surface area contributed by atoms with Crippen molar-refractivity contribution >= 4 is 35.1 Å². The predicted octanol–water partition coefficient (Wildman–Crippen LogP) is 6.14. The smallest absolute Gasteiger partial charge is 0.257 e. The third kappa shape index (κ3) is 9.07. The van der Waals surface area contributed by atoms with Gasteiger partial charge in [-0.25, -0.2) is 9.97 Å². The van der Waals surface area contributed by atoms with Crippen molar-refractivity contribution in [1.82, 2.24) is 19.8 Å². The zero-order valence-electron chi connectivity index (χ0n) is 29.1. The average Bonchev–Trinajstić information content (AvgIpc) is 3.15. The lowest BCUT2D eigenvalue weighted by molar-refractivity contribution is -0.122. The van der Waals surface area contributed by atoms with E-state index in [1.807, 2.05) is 53.4 Å². The van der Waals surface area contributed by atoms with E-state index in [0.29, 0.717) is 60.7 Å². The quantitative estimate of drug-likeness (QED) is 0.219. The lowest BCUT2D eigenvalue weighted by Gasteiger charge is -2.32. The fraction of sp³-hybridized carbons (Fsp3) is 0.400. The Labute approximate surface area is 300 Å². The molecule has 0 unspecified atom stereocenters. The van der Waals surface area contributed by atoms with Crippen LogP contribution < -0.4 is 9.80 Å². The molecule has 0 spiro atoms. The maximum atomic E-state index is 14.7. The summed E-state index contributed by atoms with van der Waals surface area (Å²) in [6, 6.07) is 26.3. The van der Waals surface area contributed by atoms with Crippen molar-refractivity contribution in [3.63, 3.8) is 0 Å². The van der Waals surface area contributed by atoms with E-state index in [2.05, 4.69) is 47.2 Å². The standard InChI is InChI=1S/C40H47ClN6O3/c1-44-18-9-19-47(38(48)29-50-2)37-15-7-6-13-33(37)28-46(23-22-44)39(49)35-27-42-40(43-36(35)26-32-12-8-14-34(41)25-32)45-20-16-31(17-21-45)24-30-10-4-3-5-11-30/h3-8,10-15,25,27,31H,9,16-24,26,28-29H2,1-2H3. The third-order valence-corrected chi connectivity index (χ3v) is 10.0. The van der Waals surface area contributed by atoms with Crippen molar-refractivity contribution in [1.29, 1.82) is 0 Å². The summed E-state index contributed by atoms with van der Waals surface area (Å²) < 4.78 is 5.22. The molecule has 262 valence electrons. The number of nitrogens with zero attached hydrogens (tertiary/aromatic N) is 6. The van der Waals surface area contributed by atoms with E-state index in [-0.39, 0.29) is 18.4 Å². The van der Waals surface area contributed by atoms with Crippen LogP contribution in [0.25, 0.3) is 0 Å². The van der Waals surface area contributed by atoms with Crippen LogP contribution in [0.15, 0.2) is 85.1 Å². The van der Waals surface area contributed by atoms with Crippen LogP contribution in [-0.4, -0.2) is 91.6 Å². The molecule has 1 fully saturated rings. The van der Waals surface area contributed by atoms with Crippen LogP contribution in [0.3, 0.4) is 0 Å². The van der Waals surface area contributed by atoms with Crippen molar-refractivity contribution in [2.24, 2.45) is 5.92 Å². The second kappa shape index (κ2) is 17.1. The van der Waals surface area contributed by atoms with Gasteiger partial charge in [0.25, 0.3) is 11.8 Å². The molecule has 6 rings (SSSR count). The van der Waals surface area contributed by atoms with E-state index >= 15 is 0 Å². The SMILES string of the molecule is COCC(=O)N1CCCN(C)CCN(C(=O)c2cnc(N3CCC(Cc4ccccc4)CC3)nc2Cc2cccc(Cl)c2)Cc2ccccc21. The minimum Gasteiger partial charge on any atom is -0.375 e. The second-order valence-corrected chi connectivity index (χ2v) is 13.9. The number of anilines is 2. The van der Waals surface area contributed by atoms with Gasteiger partial charge in [0.2, 0.25) is 5.95 Å². The number of methoxy groups -OCH3 is 1. The number of aromatic nitrogens is 2. The van der Waals surface area contributed by atoms with E-state index in [4.69, 9.17) is 26.3 Å². The van der Waals surface area contributed by atoms with Crippen LogP contribution >= 0.6 is 11.6 Å². The second-order valence-electron chi connectivity index (χ2n) is 13.4. The summed E-state index contributed by atoms with van der Waals surface area (Å²) in [7, 11) is 3.59. The molecule has 2 amide bonds. The van der Waals surface area contributed by atoms with Crippen molar-refractivity contribution < 1.29 is 14.3 Å². The van der Waals surface area contributed by atoms with Gasteiger partial charge in [0, 0.05) is 69.7 Å². The molecule has 4 aromatic rings. The lowest BCUT2D eigenvalue weighted by Crippen LogP contribution is -2.38. The van der Waals surface area contributed by atoms with E-state index in [0.717, 1.165) is 62.1 Å². The minimum absolute atomic E-state index is 0.00588. The number of benzene rings is 3. The van der Waals surface area contributed by atoms with Gasteiger partial charge in [0.05, 0.1) is 11.3 Å². The van der Waals surface area contributed by atoms with Gasteiger partial charge in [-0.15, -0.1) is 0 Å². The molecule has 0 atom stereocenters. The number of carbonyl (C=O) groups excluding carboxylic acids is 2. The molecule has 2 aliphatic rings. The number of ether oxygens (including phenoxy) is 1. The summed E-state index contributed by atoms with van der Waals surface area (Å²) >= 11 is 6.39. The summed E-state index contributed by atoms with van der Waals surface area (Å²) in [5.41, 5.74) is 5.23. The molecule has 0 bridgehead atoms. The van der Waals surface area contributed by atoms with Gasteiger partial charge in [0.1, 0.15) is 6.61 Å². The first-order valence-electron chi connectivity index (χ1n) is 17.6. The van der Waals surface area contributed by atoms with Crippen LogP contribution in [0.4, 0.5) is 11.6 Å². The van der Waals surface area contributed by atoms with E-state index < -0.39 is 0 Å². The van der Waals surface area contributed by atoms with Crippen LogP contribution in [0.1, 0.15) is 52.0 Å². The van der Waals surface area contributed by atoms with Crippen molar-refractivity contribution in [3.8, 4) is 0 Å². The van der Waals surface area contributed by atoms with Gasteiger partial charge in [-0.1, -0.05) is 72.3 Å². The number of fused-ring (bicyclic) bond motifs is 1. The lowest BCUT2D eigenvalue weighted by atomic mass is 9.90. The molecule has 0 N–H and O–H groups in total. The molecule has 0 aliphatic carbocycles. The zero-order valence-corrected chi connectivity index (χ0v) is 29.9. The topological polar surface area (TPSA) is 82.1 Å². The molecule has 50 heavy (non-hydrogen) atoms. The van der Waals surface area contributed by atoms with Crippen LogP contribution in [0.5, 0.6) is 0 Å². The first-order chi connectivity index (χ1) is 24.4. The molecule has 1 aromatic heterocycles. The number of halogens is 1. The van der Waals surface area contributed by atoms with E-state index in [9.17, 15) is 9.59 Å². The third-order valence-electron chi connectivity index (χ3n) is 9.78. The van der Waals surface area contributed by atoms with Gasteiger partial charge in [-0.05, 0) is 80.1 Å². The Morgan fingerprint density at radius 1 is 0.880 bits per heavy atom. The van der Waals surface area contributed by atoms with Gasteiger partial charge in [-0.3, -0.25) is 9.59 Å². The zero-order chi connectivity index (χ0) is 34.9. The fourth-order valence-corrected chi connectivity index (χ4v) is 7.23. The highest BCUT2D eigenvalue weighted by Gasteiger charge is 2.27. The fourth-order valence-electron chi connectivity index (χ4n) is 7.02. The normalized spacial score (nSPS) is 16.5. The summed E-state index contributed by atoms with van der Waals surface area (Å²) in [5.74, 6) is 1.04. The van der Waals surface area contributed by atoms with Crippen molar-refractivity contribution in [2.45, 2.75) is 38.6 Å². The highest BCUT2D eigenvalue weighted by atomic mass is 35.5. The van der Waals surface area contributed by atoms with Crippen LogP contribution in [0.2, 0.25) is 5.02 Å². The maximum Gasteiger partial charge on any atom is 0.257 e. The molecule has 3 heterocycles. The number of amides is 2. The molecule has 2 aliphatic heterocycles. The van der Waals surface area contributed by atoms with Crippen molar-refractivity contribution in [3.05, 3.63) is 118 Å². The Bertz CT molecular complexity index is 1750. The minimum atomic E-state index is -0.132. The van der Waals surface area contributed by atoms with Gasteiger partial charge >= 0.3 is 0 Å². The number of hydrogen-bond acceptors (Lipinski definition) is 7. The molecule has 9 nitrogen and oxygen atoms in total. The van der Waals surface area contributed by atoms with Crippen molar-refractivity contribution in [2.75, 3.05) is 69.8 Å². The average molecular weight is 695 g/mol. The Balaban J connectivity index is 1.29. The first kappa shape index (κ1) is 35.5. The number of para-hydroxylation sites is 1. The largest absolute Gasteiger partial charge is 0.375 e. The van der Waals surface area contributed by atoms with E-state index in [1.165, 1.54) is 12.7 Å². The van der Waals surface area contributed by atoms with Gasteiger partial charge in [-0.2, -0.15) is 0 Å². The highest BCUT2D eigenvalue weighted by Crippen LogP contribution is 2.28. The Morgan fingerprint density at radius 3 is 2.42 bits per heavy atom. The van der Waals surface area contributed by atoms with Crippen LogP contribution in [-0.2, 0) is 28.9 Å². The molecule has 0 radical (unpaired) electrons. The Hall–Kier alpha value is -4.31.